The average molecular weight is 456 g/mol. The molecular weight excluding hydrogens is 437 g/mol. The van der Waals surface area contributed by atoms with E-state index in [4.69, 9.17) is 5.11 Å². The highest BCUT2D eigenvalue weighted by atomic mass is 79.9. The molecule has 29 heavy (non-hydrogen) atoms. The first-order valence-electron chi connectivity index (χ1n) is 9.14. The number of hydrogen-bond acceptors (Lipinski definition) is 5. The van der Waals surface area contributed by atoms with Gasteiger partial charge in [-0.2, -0.15) is 4.98 Å². The van der Waals surface area contributed by atoms with Crippen LogP contribution >= 0.6 is 15.9 Å². The number of nitrogens with one attached hydrogen (secondary N) is 2. The molecule has 148 valence electrons. The summed E-state index contributed by atoms with van der Waals surface area (Å²) in [5.74, 6) is 0.725. The van der Waals surface area contributed by atoms with E-state index in [0.29, 0.717) is 16.2 Å². The van der Waals surface area contributed by atoms with E-state index in [0.717, 1.165) is 35.2 Å². The number of hydrogen-bond donors (Lipinski definition) is 3. The minimum absolute atomic E-state index is 0.175. The van der Waals surface area contributed by atoms with Gasteiger partial charge < -0.3 is 20.3 Å². The fourth-order valence-corrected chi connectivity index (χ4v) is 3.32. The fourth-order valence-electron chi connectivity index (χ4n) is 3.03. The van der Waals surface area contributed by atoms with Crippen molar-refractivity contribution in [2.75, 3.05) is 17.2 Å². The van der Waals surface area contributed by atoms with E-state index in [1.165, 1.54) is 12.1 Å². The molecular formula is C21H19BrFN5O. The number of anilines is 4. The minimum atomic E-state index is -0.291. The summed E-state index contributed by atoms with van der Waals surface area (Å²) < 4.78 is 15.9. The summed E-state index contributed by atoms with van der Waals surface area (Å²) in [5.41, 5.74) is 2.70. The summed E-state index contributed by atoms with van der Waals surface area (Å²) in [7, 11) is 0. The van der Waals surface area contributed by atoms with Crippen LogP contribution < -0.4 is 10.6 Å². The van der Waals surface area contributed by atoms with Crippen molar-refractivity contribution in [3.8, 4) is 0 Å². The Morgan fingerprint density at radius 2 is 1.83 bits per heavy atom. The summed E-state index contributed by atoms with van der Waals surface area (Å²) in [6, 6.07) is 14.1. The van der Waals surface area contributed by atoms with Crippen LogP contribution in [0.4, 0.5) is 27.5 Å². The van der Waals surface area contributed by atoms with Gasteiger partial charge in [0.1, 0.15) is 11.6 Å². The molecule has 0 fully saturated rings. The molecule has 0 atom stereocenters. The summed E-state index contributed by atoms with van der Waals surface area (Å²) >= 11 is 3.43. The van der Waals surface area contributed by atoms with Gasteiger partial charge in [0.15, 0.2) is 0 Å². The highest BCUT2D eigenvalue weighted by Crippen LogP contribution is 2.27. The van der Waals surface area contributed by atoms with Crippen LogP contribution in [0.15, 0.2) is 65.4 Å². The first-order chi connectivity index (χ1) is 14.1. The maximum absolute atomic E-state index is 13.1. The predicted molar refractivity (Wildman–Crippen MR) is 116 cm³/mol. The number of benzene rings is 2. The molecule has 0 aliphatic heterocycles. The van der Waals surface area contributed by atoms with Crippen molar-refractivity contribution in [2.45, 2.75) is 13.0 Å². The standard InChI is InChI=1S/C21H19BrFN5O/c22-18-13-24-21(27-20(18)25-16-4-2-15(23)3-5-16)26-17-6-7-19-14(12-17)8-10-28(19)9-1-11-29/h2-8,10,12-13,29H,1,9,11H2,(H2,24,25,26,27). The number of rotatable bonds is 7. The Labute approximate surface area is 175 Å². The summed E-state index contributed by atoms with van der Waals surface area (Å²) in [6.07, 6.45) is 4.40. The summed E-state index contributed by atoms with van der Waals surface area (Å²) in [4.78, 5) is 8.82. The molecule has 0 spiro atoms. The minimum Gasteiger partial charge on any atom is -0.396 e. The number of aromatic nitrogens is 3. The first kappa shape index (κ1) is 19.4. The molecule has 0 bridgehead atoms. The van der Waals surface area contributed by atoms with E-state index >= 15 is 0 Å². The molecule has 2 aromatic carbocycles. The maximum atomic E-state index is 13.1. The lowest BCUT2D eigenvalue weighted by Crippen LogP contribution is -2.02. The first-order valence-corrected chi connectivity index (χ1v) is 9.93. The maximum Gasteiger partial charge on any atom is 0.229 e. The number of aliphatic hydroxyl groups is 1. The number of halogens is 2. The third-order valence-electron chi connectivity index (χ3n) is 4.44. The predicted octanol–water partition coefficient (Wildman–Crippen LogP) is 5.20. The van der Waals surface area contributed by atoms with Gasteiger partial charge in [-0.25, -0.2) is 9.37 Å². The van der Waals surface area contributed by atoms with E-state index in [9.17, 15) is 4.39 Å². The molecule has 0 amide bonds. The van der Waals surface area contributed by atoms with Gasteiger partial charge in [0, 0.05) is 47.8 Å². The van der Waals surface area contributed by atoms with E-state index in [-0.39, 0.29) is 12.4 Å². The van der Waals surface area contributed by atoms with Crippen molar-refractivity contribution in [1.29, 1.82) is 0 Å². The Hall–Kier alpha value is -2.97. The number of aliphatic hydroxyl groups excluding tert-OH is 1. The molecule has 3 N–H and O–H groups in total. The van der Waals surface area contributed by atoms with Crippen LogP contribution in [0.5, 0.6) is 0 Å². The monoisotopic (exact) mass is 455 g/mol. The average Bonchev–Trinajstić information content (AvgIpc) is 3.13. The van der Waals surface area contributed by atoms with Crippen molar-refractivity contribution < 1.29 is 9.50 Å². The summed E-state index contributed by atoms with van der Waals surface area (Å²) in [6.45, 7) is 0.954. The van der Waals surface area contributed by atoms with Gasteiger partial charge in [0.25, 0.3) is 0 Å². The lowest BCUT2D eigenvalue weighted by atomic mass is 10.2. The third-order valence-corrected chi connectivity index (χ3v) is 5.02. The number of fused-ring (bicyclic) bond motifs is 1. The Kier molecular flexibility index (Phi) is 5.73. The van der Waals surface area contributed by atoms with Crippen molar-refractivity contribution in [2.24, 2.45) is 0 Å². The zero-order valence-corrected chi connectivity index (χ0v) is 17.0. The molecule has 0 radical (unpaired) electrons. The van der Waals surface area contributed by atoms with Gasteiger partial charge in [-0.05, 0) is 70.9 Å². The second kappa shape index (κ2) is 8.59. The van der Waals surface area contributed by atoms with E-state index in [2.05, 4.69) is 41.1 Å². The van der Waals surface area contributed by atoms with Crippen LogP contribution in [0.1, 0.15) is 6.42 Å². The second-order valence-electron chi connectivity index (χ2n) is 6.51. The van der Waals surface area contributed by atoms with Crippen LogP contribution in [-0.4, -0.2) is 26.2 Å². The normalized spacial score (nSPS) is 11.0. The van der Waals surface area contributed by atoms with Crippen molar-refractivity contribution >= 4 is 50.0 Å². The zero-order valence-electron chi connectivity index (χ0n) is 15.4. The number of aryl methyl sites for hydroxylation is 1. The Balaban J connectivity index is 1.53. The highest BCUT2D eigenvalue weighted by molar-refractivity contribution is 9.10. The molecule has 4 aromatic rings. The number of nitrogens with zero attached hydrogens (tertiary/aromatic N) is 3. The quantitative estimate of drug-likeness (QED) is 0.356. The molecule has 0 aliphatic carbocycles. The van der Waals surface area contributed by atoms with Gasteiger partial charge in [-0.3, -0.25) is 0 Å². The van der Waals surface area contributed by atoms with Gasteiger partial charge in [-0.15, -0.1) is 0 Å². The Morgan fingerprint density at radius 1 is 1.03 bits per heavy atom. The van der Waals surface area contributed by atoms with Crippen molar-refractivity contribution in [1.82, 2.24) is 14.5 Å². The van der Waals surface area contributed by atoms with E-state index in [1.54, 1.807) is 18.3 Å². The zero-order chi connectivity index (χ0) is 20.2. The molecule has 6 nitrogen and oxygen atoms in total. The molecule has 0 unspecified atom stereocenters. The van der Waals surface area contributed by atoms with Gasteiger partial charge >= 0.3 is 0 Å². The lowest BCUT2D eigenvalue weighted by Gasteiger charge is -2.11. The van der Waals surface area contributed by atoms with E-state index < -0.39 is 0 Å². The molecule has 2 aromatic heterocycles. The SMILES string of the molecule is OCCCn1ccc2cc(Nc3ncc(Br)c(Nc4ccc(F)cc4)n3)ccc21. The molecule has 0 saturated carbocycles. The van der Waals surface area contributed by atoms with Gasteiger partial charge in [0.05, 0.1) is 4.47 Å². The van der Waals surface area contributed by atoms with Crippen molar-refractivity contribution in [3.05, 3.63) is 71.2 Å². The largest absolute Gasteiger partial charge is 0.396 e. The van der Waals surface area contributed by atoms with Crippen LogP contribution in [0, 0.1) is 5.82 Å². The second-order valence-corrected chi connectivity index (χ2v) is 7.36. The van der Waals surface area contributed by atoms with E-state index in [1.807, 2.05) is 30.5 Å². The Morgan fingerprint density at radius 3 is 2.62 bits per heavy atom. The topological polar surface area (TPSA) is 75.0 Å². The summed E-state index contributed by atoms with van der Waals surface area (Å²) in [5, 5.41) is 16.5. The van der Waals surface area contributed by atoms with Crippen molar-refractivity contribution in [3.63, 3.8) is 0 Å². The van der Waals surface area contributed by atoms with Crippen LogP contribution in [0.25, 0.3) is 10.9 Å². The lowest BCUT2D eigenvalue weighted by molar-refractivity contribution is 0.280. The van der Waals surface area contributed by atoms with Gasteiger partial charge in [0.2, 0.25) is 5.95 Å². The van der Waals surface area contributed by atoms with Gasteiger partial charge in [-0.1, -0.05) is 0 Å². The Bertz CT molecular complexity index is 1130. The molecule has 0 aliphatic rings. The molecule has 0 saturated heterocycles. The van der Waals surface area contributed by atoms with Crippen LogP contribution in [-0.2, 0) is 6.54 Å². The molecule has 2 heterocycles. The highest BCUT2D eigenvalue weighted by Gasteiger charge is 2.08. The van der Waals surface area contributed by atoms with Crippen LogP contribution in [0.2, 0.25) is 0 Å². The third kappa shape index (κ3) is 4.55. The fraction of sp³-hybridized carbons (Fsp3) is 0.143. The molecule has 8 heteroatoms. The smallest absolute Gasteiger partial charge is 0.229 e. The van der Waals surface area contributed by atoms with Crippen LogP contribution in [0.3, 0.4) is 0 Å². The molecule has 4 rings (SSSR count).